The van der Waals surface area contributed by atoms with Crippen LogP contribution in [-0.4, -0.2) is 24.8 Å². The Morgan fingerprint density at radius 3 is 2.48 bits per heavy atom. The van der Waals surface area contributed by atoms with Gasteiger partial charge in [-0.05, 0) is 42.8 Å². The first kappa shape index (κ1) is 15.8. The third-order valence-electron chi connectivity index (χ3n) is 3.10. The van der Waals surface area contributed by atoms with Crippen LogP contribution in [0.1, 0.15) is 18.1 Å². The number of hydrogen-bond donors (Lipinski definition) is 2. The van der Waals surface area contributed by atoms with Crippen LogP contribution in [0.3, 0.4) is 0 Å². The van der Waals surface area contributed by atoms with Gasteiger partial charge >= 0.3 is 0 Å². The molecular formula is C17H20ClNO2. The Hall–Kier alpha value is -1.55. The molecule has 2 aromatic carbocycles. The number of nitrogens with one attached hydrogen (secondary N) is 1. The molecule has 0 saturated carbocycles. The van der Waals surface area contributed by atoms with Crippen LogP contribution in [-0.2, 0) is 0 Å². The van der Waals surface area contributed by atoms with Gasteiger partial charge in [-0.25, -0.2) is 0 Å². The van der Waals surface area contributed by atoms with E-state index >= 15 is 0 Å². The summed E-state index contributed by atoms with van der Waals surface area (Å²) in [7, 11) is 0. The summed E-state index contributed by atoms with van der Waals surface area (Å²) in [5.74, 6) is 0.888. The quantitative estimate of drug-likeness (QED) is 0.734. The van der Waals surface area contributed by atoms with Crippen molar-refractivity contribution in [3.63, 3.8) is 0 Å². The first-order valence-electron chi connectivity index (χ1n) is 7.08. The van der Waals surface area contributed by atoms with Crippen LogP contribution in [0.2, 0.25) is 5.02 Å². The van der Waals surface area contributed by atoms with Crippen molar-refractivity contribution in [1.82, 2.24) is 5.32 Å². The minimum Gasteiger partial charge on any atom is -0.494 e. The fourth-order valence-corrected chi connectivity index (χ4v) is 2.07. The summed E-state index contributed by atoms with van der Waals surface area (Å²) in [6.07, 6.45) is 0.375. The molecular weight excluding hydrogens is 286 g/mol. The number of rotatable bonds is 8. The number of aliphatic hydroxyl groups is 1. The van der Waals surface area contributed by atoms with E-state index < -0.39 is 6.10 Å². The number of ether oxygens (including phenoxy) is 1. The van der Waals surface area contributed by atoms with Crippen molar-refractivity contribution in [3.05, 3.63) is 65.2 Å². The maximum Gasteiger partial charge on any atom is 0.119 e. The van der Waals surface area contributed by atoms with E-state index in [1.54, 1.807) is 12.1 Å². The molecule has 0 fully saturated rings. The van der Waals surface area contributed by atoms with Gasteiger partial charge in [0.2, 0.25) is 0 Å². The molecule has 21 heavy (non-hydrogen) atoms. The van der Waals surface area contributed by atoms with Crippen molar-refractivity contribution >= 4 is 11.6 Å². The average Bonchev–Trinajstić information content (AvgIpc) is 2.52. The summed E-state index contributed by atoms with van der Waals surface area (Å²) >= 11 is 5.82. The molecule has 0 bridgehead atoms. The Morgan fingerprint density at radius 1 is 1.05 bits per heavy atom. The van der Waals surface area contributed by atoms with Gasteiger partial charge in [0.25, 0.3) is 0 Å². The smallest absolute Gasteiger partial charge is 0.119 e. The van der Waals surface area contributed by atoms with E-state index in [-0.39, 0.29) is 0 Å². The van der Waals surface area contributed by atoms with Crippen LogP contribution in [0, 0.1) is 0 Å². The second-order valence-corrected chi connectivity index (χ2v) is 5.22. The van der Waals surface area contributed by atoms with E-state index in [4.69, 9.17) is 16.3 Å². The van der Waals surface area contributed by atoms with E-state index in [1.165, 1.54) is 0 Å². The Balaban J connectivity index is 1.58. The third-order valence-corrected chi connectivity index (χ3v) is 3.35. The molecule has 4 heteroatoms. The van der Waals surface area contributed by atoms with Gasteiger partial charge < -0.3 is 15.2 Å². The fraction of sp³-hybridized carbons (Fsp3) is 0.294. The highest BCUT2D eigenvalue weighted by Gasteiger charge is 2.06. The van der Waals surface area contributed by atoms with Crippen LogP contribution < -0.4 is 10.1 Å². The van der Waals surface area contributed by atoms with E-state index in [1.807, 2.05) is 42.5 Å². The monoisotopic (exact) mass is 305 g/mol. The molecule has 1 unspecified atom stereocenters. The molecule has 0 aliphatic rings. The Labute approximate surface area is 130 Å². The Bertz CT molecular complexity index is 516. The van der Waals surface area contributed by atoms with Gasteiger partial charge in [0.1, 0.15) is 5.75 Å². The lowest BCUT2D eigenvalue weighted by Gasteiger charge is -2.12. The average molecular weight is 306 g/mol. The molecule has 2 N–H and O–H groups in total. The lowest BCUT2D eigenvalue weighted by atomic mass is 10.1. The predicted octanol–water partition coefficient (Wildman–Crippen LogP) is 3.43. The first-order valence-corrected chi connectivity index (χ1v) is 7.45. The molecule has 0 heterocycles. The summed E-state index contributed by atoms with van der Waals surface area (Å²) in [5.41, 5.74) is 0.868. The van der Waals surface area contributed by atoms with Crippen LogP contribution in [0.5, 0.6) is 5.75 Å². The van der Waals surface area contributed by atoms with Crippen LogP contribution in [0.4, 0.5) is 0 Å². The summed E-state index contributed by atoms with van der Waals surface area (Å²) < 4.78 is 5.59. The lowest BCUT2D eigenvalue weighted by Crippen LogP contribution is -2.23. The second kappa shape index (κ2) is 8.67. The highest BCUT2D eigenvalue weighted by molar-refractivity contribution is 6.30. The highest BCUT2D eigenvalue weighted by Crippen LogP contribution is 2.15. The molecule has 0 aromatic heterocycles. The van der Waals surface area contributed by atoms with Gasteiger partial charge in [-0.2, -0.15) is 0 Å². The summed E-state index contributed by atoms with van der Waals surface area (Å²) in [5, 5.41) is 13.9. The zero-order valence-corrected chi connectivity index (χ0v) is 12.6. The Morgan fingerprint density at radius 2 is 1.76 bits per heavy atom. The molecule has 2 aromatic rings. The highest BCUT2D eigenvalue weighted by atomic mass is 35.5. The van der Waals surface area contributed by atoms with Gasteiger partial charge in [0, 0.05) is 11.6 Å². The lowest BCUT2D eigenvalue weighted by molar-refractivity contribution is 0.173. The van der Waals surface area contributed by atoms with Crippen LogP contribution in [0.15, 0.2) is 54.6 Å². The van der Waals surface area contributed by atoms with Crippen molar-refractivity contribution in [2.75, 3.05) is 19.7 Å². The zero-order valence-electron chi connectivity index (χ0n) is 11.8. The first-order chi connectivity index (χ1) is 10.3. The molecule has 0 radical (unpaired) electrons. The van der Waals surface area contributed by atoms with Crippen LogP contribution >= 0.6 is 11.6 Å². The van der Waals surface area contributed by atoms with E-state index in [0.29, 0.717) is 18.2 Å². The molecule has 0 spiro atoms. The Kier molecular flexibility index (Phi) is 6.54. The van der Waals surface area contributed by atoms with Gasteiger partial charge in [0.05, 0.1) is 12.7 Å². The van der Waals surface area contributed by atoms with E-state index in [0.717, 1.165) is 24.3 Å². The van der Waals surface area contributed by atoms with Crippen molar-refractivity contribution in [1.29, 1.82) is 0 Å². The van der Waals surface area contributed by atoms with E-state index in [2.05, 4.69) is 5.32 Å². The maximum absolute atomic E-state index is 10.0. The summed E-state index contributed by atoms with van der Waals surface area (Å²) in [4.78, 5) is 0. The largest absolute Gasteiger partial charge is 0.494 e. The summed E-state index contributed by atoms with van der Waals surface area (Å²) in [6.45, 7) is 1.98. The molecule has 112 valence electrons. The minimum absolute atomic E-state index is 0.516. The maximum atomic E-state index is 10.0. The van der Waals surface area contributed by atoms with Gasteiger partial charge in [-0.15, -0.1) is 0 Å². The molecule has 0 aliphatic carbocycles. The number of halogens is 1. The predicted molar refractivity (Wildman–Crippen MR) is 85.8 cm³/mol. The SMILES string of the molecule is OC(CNCCCOc1ccccc1)c1ccc(Cl)cc1. The molecule has 0 aliphatic heterocycles. The summed E-state index contributed by atoms with van der Waals surface area (Å²) in [6, 6.07) is 17.0. The topological polar surface area (TPSA) is 41.5 Å². The van der Waals surface area contributed by atoms with Gasteiger partial charge in [0.15, 0.2) is 0 Å². The third kappa shape index (κ3) is 5.76. The molecule has 3 nitrogen and oxygen atoms in total. The standard InChI is InChI=1S/C17H20ClNO2/c18-15-9-7-14(8-10-15)17(20)13-19-11-4-12-21-16-5-2-1-3-6-16/h1-3,5-10,17,19-20H,4,11-13H2. The molecule has 2 rings (SSSR count). The van der Waals surface area contributed by atoms with Crippen molar-refractivity contribution in [2.45, 2.75) is 12.5 Å². The van der Waals surface area contributed by atoms with Crippen molar-refractivity contribution in [3.8, 4) is 5.75 Å². The molecule has 0 saturated heterocycles. The van der Waals surface area contributed by atoms with Crippen LogP contribution in [0.25, 0.3) is 0 Å². The fourth-order valence-electron chi connectivity index (χ4n) is 1.95. The number of benzene rings is 2. The second-order valence-electron chi connectivity index (χ2n) is 4.79. The normalized spacial score (nSPS) is 12.1. The van der Waals surface area contributed by atoms with Gasteiger partial charge in [-0.1, -0.05) is 41.9 Å². The zero-order chi connectivity index (χ0) is 14.9. The van der Waals surface area contributed by atoms with Crippen molar-refractivity contribution < 1.29 is 9.84 Å². The molecule has 1 atom stereocenters. The number of aliphatic hydroxyl groups excluding tert-OH is 1. The van der Waals surface area contributed by atoms with E-state index in [9.17, 15) is 5.11 Å². The number of hydrogen-bond acceptors (Lipinski definition) is 3. The molecule has 0 amide bonds. The number of para-hydroxylation sites is 1. The van der Waals surface area contributed by atoms with Crippen molar-refractivity contribution in [2.24, 2.45) is 0 Å². The minimum atomic E-state index is -0.516. The van der Waals surface area contributed by atoms with Gasteiger partial charge in [-0.3, -0.25) is 0 Å².